The fourth-order valence-electron chi connectivity index (χ4n) is 11.9. The van der Waals surface area contributed by atoms with Crippen LogP contribution in [0.4, 0.5) is 0 Å². The molecule has 59 heavy (non-hydrogen) atoms. The second kappa shape index (κ2) is 13.3. The number of aromatic nitrogens is 4. The normalized spacial score (nSPS) is 21.9. The monoisotopic (exact) mass is 759 g/mol. The van der Waals surface area contributed by atoms with Gasteiger partial charge in [-0.05, 0) is 114 Å². The molecule has 7 aromatic carbocycles. The van der Waals surface area contributed by atoms with E-state index in [1.807, 2.05) is 30.3 Å². The Hall–Kier alpha value is -6.90. The van der Waals surface area contributed by atoms with Crippen LogP contribution in [0.1, 0.15) is 48.8 Å². The summed E-state index contributed by atoms with van der Waals surface area (Å²) in [6.07, 6.45) is 6.47. The van der Waals surface area contributed by atoms with E-state index in [0.717, 1.165) is 39.6 Å². The van der Waals surface area contributed by atoms with Crippen LogP contribution in [0.15, 0.2) is 164 Å². The van der Waals surface area contributed by atoms with Crippen molar-refractivity contribution in [2.24, 2.45) is 23.7 Å². The molecule has 0 spiro atoms. The maximum atomic E-state index is 9.68. The second-order valence-corrected chi connectivity index (χ2v) is 17.2. The Labute approximate surface area is 343 Å². The Balaban J connectivity index is 1.05. The maximum Gasteiger partial charge on any atom is 0.164 e. The molecule has 13 rings (SSSR count). The van der Waals surface area contributed by atoms with Crippen molar-refractivity contribution in [3.8, 4) is 45.9 Å². The van der Waals surface area contributed by atoms with E-state index in [-0.39, 0.29) is 5.41 Å². The van der Waals surface area contributed by atoms with Crippen molar-refractivity contribution in [2.45, 2.75) is 37.5 Å². The summed E-state index contributed by atoms with van der Waals surface area (Å²) < 4.78 is 2.48. The molecule has 0 N–H and O–H groups in total. The van der Waals surface area contributed by atoms with Crippen molar-refractivity contribution in [3.63, 3.8) is 0 Å². The summed E-state index contributed by atoms with van der Waals surface area (Å²) in [4.78, 5) is 15.4. The maximum absolute atomic E-state index is 9.68. The molecule has 4 bridgehead atoms. The van der Waals surface area contributed by atoms with Crippen molar-refractivity contribution >= 4 is 32.6 Å². The van der Waals surface area contributed by atoms with Gasteiger partial charge in [0.15, 0.2) is 17.5 Å². The Morgan fingerprint density at radius 3 is 1.81 bits per heavy atom. The zero-order chi connectivity index (χ0) is 39.1. The van der Waals surface area contributed by atoms with Crippen LogP contribution in [0.3, 0.4) is 0 Å². The summed E-state index contributed by atoms with van der Waals surface area (Å²) in [7, 11) is 0. The second-order valence-electron chi connectivity index (χ2n) is 17.2. The lowest BCUT2D eigenvalue weighted by Gasteiger charge is -2.62. The molecule has 5 heteroatoms. The summed E-state index contributed by atoms with van der Waals surface area (Å²) in [6.45, 7) is 0. The van der Waals surface area contributed by atoms with Gasteiger partial charge in [-0.3, -0.25) is 0 Å². The lowest BCUT2D eigenvalue weighted by Crippen LogP contribution is -2.56. The Kier molecular flexibility index (Phi) is 7.72. The zero-order valence-electron chi connectivity index (χ0n) is 32.7. The van der Waals surface area contributed by atoms with Crippen LogP contribution in [0.25, 0.3) is 72.4 Å². The molecule has 2 heterocycles. The fraction of sp³-hybridized carbons (Fsp3) is 0.185. The molecule has 282 valence electrons. The van der Waals surface area contributed by atoms with Gasteiger partial charge in [-0.1, -0.05) is 127 Å². The molecule has 0 amide bonds. The first-order chi connectivity index (χ1) is 29.1. The van der Waals surface area contributed by atoms with E-state index in [1.165, 1.54) is 70.4 Å². The number of nitrogens with zero attached hydrogens (tertiary/aromatic N) is 5. The van der Waals surface area contributed by atoms with E-state index in [2.05, 4.69) is 144 Å². The predicted octanol–water partition coefficient (Wildman–Crippen LogP) is 12.7. The summed E-state index contributed by atoms with van der Waals surface area (Å²) in [5.74, 6) is 4.72. The van der Waals surface area contributed by atoms with Gasteiger partial charge in [0.05, 0.1) is 22.7 Å². The number of rotatable bonds is 6. The molecule has 4 aliphatic carbocycles. The van der Waals surface area contributed by atoms with E-state index in [1.54, 1.807) is 0 Å². The van der Waals surface area contributed by atoms with E-state index < -0.39 is 0 Å². The van der Waals surface area contributed by atoms with Crippen LogP contribution < -0.4 is 0 Å². The highest BCUT2D eigenvalue weighted by atomic mass is 15.0. The van der Waals surface area contributed by atoms with E-state index in [4.69, 9.17) is 15.0 Å². The van der Waals surface area contributed by atoms with Gasteiger partial charge in [-0.15, -0.1) is 0 Å². The lowest BCUT2D eigenvalue weighted by atomic mass is 9.42. The molecule has 4 saturated carbocycles. The quantitative estimate of drug-likeness (QED) is 0.169. The average Bonchev–Trinajstić information content (AvgIpc) is 3.64. The van der Waals surface area contributed by atoms with Gasteiger partial charge in [0, 0.05) is 38.6 Å². The van der Waals surface area contributed by atoms with Crippen LogP contribution in [0.5, 0.6) is 0 Å². The van der Waals surface area contributed by atoms with E-state index in [0.29, 0.717) is 34.9 Å². The number of para-hydroxylation sites is 2. The van der Waals surface area contributed by atoms with Gasteiger partial charge in [0.25, 0.3) is 0 Å². The molecule has 0 unspecified atom stereocenters. The van der Waals surface area contributed by atoms with Gasteiger partial charge in [-0.2, -0.15) is 5.26 Å². The topological polar surface area (TPSA) is 67.4 Å². The molecule has 4 fully saturated rings. The molecule has 0 atom stereocenters. The molecular formula is C54H41N5. The van der Waals surface area contributed by atoms with Gasteiger partial charge in [-0.25, -0.2) is 15.0 Å². The van der Waals surface area contributed by atoms with Crippen LogP contribution >= 0.6 is 0 Å². The van der Waals surface area contributed by atoms with Crippen molar-refractivity contribution in [2.75, 3.05) is 0 Å². The summed E-state index contributed by atoms with van der Waals surface area (Å²) in [5.41, 5.74) is 9.84. The minimum absolute atomic E-state index is 0.158. The highest BCUT2D eigenvalue weighted by molar-refractivity contribution is 6.10. The molecule has 5 nitrogen and oxygen atoms in total. The molecule has 2 aromatic heterocycles. The Morgan fingerprint density at radius 1 is 0.508 bits per heavy atom. The van der Waals surface area contributed by atoms with E-state index in [9.17, 15) is 5.26 Å². The van der Waals surface area contributed by atoms with Crippen molar-refractivity contribution < 1.29 is 0 Å². The first-order valence-electron chi connectivity index (χ1n) is 21.1. The Bertz CT molecular complexity index is 3090. The lowest BCUT2D eigenvalue weighted by molar-refractivity contribution is -0.0413. The molecule has 0 aliphatic heterocycles. The molecule has 0 saturated heterocycles. The minimum Gasteiger partial charge on any atom is -0.309 e. The number of nitriles is 1. The molecule has 9 aromatic rings. The predicted molar refractivity (Wildman–Crippen MR) is 237 cm³/mol. The first-order valence-corrected chi connectivity index (χ1v) is 21.1. The number of hydrogen-bond donors (Lipinski definition) is 0. The van der Waals surface area contributed by atoms with Crippen LogP contribution in [0, 0.1) is 35.0 Å². The highest BCUT2D eigenvalue weighted by Gasteiger charge is 2.59. The third-order valence-corrected chi connectivity index (χ3v) is 14.1. The highest BCUT2D eigenvalue weighted by Crippen LogP contribution is 2.66. The zero-order valence-corrected chi connectivity index (χ0v) is 32.7. The van der Waals surface area contributed by atoms with Crippen molar-refractivity contribution in [1.82, 2.24) is 19.5 Å². The van der Waals surface area contributed by atoms with Crippen LogP contribution in [-0.4, -0.2) is 19.5 Å². The third kappa shape index (κ3) is 5.33. The van der Waals surface area contributed by atoms with Crippen LogP contribution in [-0.2, 0) is 5.41 Å². The largest absolute Gasteiger partial charge is 0.309 e. The molecule has 0 radical (unpaired) electrons. The standard InChI is InChI=1S/C54H41N5/c55-33-34-17-25-45(26-18-34)59-49-16-7-6-13-46(49)47-14-8-15-48(50(47)59)54(43-28-35-27-36(30-43)31-44(54)29-35)42-23-21-39(22-24-42)52-56-51(38-10-2-1-3-11-38)57-53(58-52)41-20-19-37-9-4-5-12-40(37)32-41/h1-26,32,35-36,43-44H,27-31H2. The average molecular weight is 760 g/mol. The third-order valence-electron chi connectivity index (χ3n) is 14.1. The smallest absolute Gasteiger partial charge is 0.164 e. The van der Waals surface area contributed by atoms with Gasteiger partial charge in [0.1, 0.15) is 0 Å². The van der Waals surface area contributed by atoms with Crippen LogP contribution in [0.2, 0.25) is 0 Å². The first kappa shape index (κ1) is 34.2. The van der Waals surface area contributed by atoms with Gasteiger partial charge >= 0.3 is 0 Å². The molecule has 4 aliphatic rings. The van der Waals surface area contributed by atoms with Crippen molar-refractivity contribution in [3.05, 3.63) is 180 Å². The number of benzene rings is 7. The SMILES string of the molecule is N#Cc1ccc(-n2c3ccccc3c3cccc(C4(c5ccc(-c6nc(-c7ccccc7)nc(-c7ccc8ccccc8c7)n6)cc5)C5CC6CC(C5)CC4C6)c32)cc1. The molecular weight excluding hydrogens is 719 g/mol. The summed E-state index contributed by atoms with van der Waals surface area (Å²) in [5, 5.41) is 14.6. The summed E-state index contributed by atoms with van der Waals surface area (Å²) >= 11 is 0. The number of fused-ring (bicyclic) bond motifs is 4. The fourth-order valence-corrected chi connectivity index (χ4v) is 11.9. The van der Waals surface area contributed by atoms with E-state index >= 15 is 0 Å². The van der Waals surface area contributed by atoms with Gasteiger partial charge in [0.2, 0.25) is 0 Å². The van der Waals surface area contributed by atoms with Crippen molar-refractivity contribution in [1.29, 1.82) is 5.26 Å². The minimum atomic E-state index is -0.158. The summed E-state index contributed by atoms with van der Waals surface area (Å²) in [6, 6.07) is 60.8. The van der Waals surface area contributed by atoms with Gasteiger partial charge < -0.3 is 4.57 Å². The number of hydrogen-bond acceptors (Lipinski definition) is 4. The Morgan fingerprint density at radius 2 is 1.10 bits per heavy atom.